The lowest BCUT2D eigenvalue weighted by Crippen LogP contribution is -2.35. The molecule has 22 heavy (non-hydrogen) atoms. The summed E-state index contributed by atoms with van der Waals surface area (Å²) in [5.74, 6) is -0.0536. The molecule has 1 aromatic carbocycles. The van der Waals surface area contributed by atoms with Crippen LogP contribution in [0.4, 0.5) is 0 Å². The van der Waals surface area contributed by atoms with Gasteiger partial charge in [-0.25, -0.2) is 0 Å². The Balaban J connectivity index is 1.58. The van der Waals surface area contributed by atoms with Gasteiger partial charge in [-0.15, -0.1) is 0 Å². The first-order valence-corrected chi connectivity index (χ1v) is 7.72. The Morgan fingerprint density at radius 3 is 2.73 bits per heavy atom. The molecule has 0 radical (unpaired) electrons. The first kappa shape index (κ1) is 15.0. The lowest BCUT2D eigenvalue weighted by Gasteiger charge is -2.21. The van der Waals surface area contributed by atoms with Gasteiger partial charge in [0, 0.05) is 37.7 Å². The van der Waals surface area contributed by atoms with Crippen LogP contribution in [-0.2, 0) is 6.54 Å². The van der Waals surface area contributed by atoms with Crippen molar-refractivity contribution in [2.45, 2.75) is 13.0 Å². The van der Waals surface area contributed by atoms with E-state index in [2.05, 4.69) is 20.3 Å². The highest BCUT2D eigenvalue weighted by atomic mass is 35.5. The summed E-state index contributed by atoms with van der Waals surface area (Å²) in [4.78, 5) is 16.5. The van der Waals surface area contributed by atoms with Crippen LogP contribution in [0.5, 0.6) is 0 Å². The second-order valence-electron chi connectivity index (χ2n) is 5.40. The Morgan fingerprint density at radius 2 is 2.00 bits per heavy atom. The molecule has 7 heteroatoms. The number of benzene rings is 1. The average molecular weight is 320 g/mol. The number of aromatic nitrogens is 3. The first-order chi connectivity index (χ1) is 10.7. The van der Waals surface area contributed by atoms with E-state index < -0.39 is 0 Å². The summed E-state index contributed by atoms with van der Waals surface area (Å²) in [5, 5.41) is 10.8. The molecular formula is C15H18ClN5O. The van der Waals surface area contributed by atoms with Crippen LogP contribution in [0.15, 0.2) is 30.5 Å². The van der Waals surface area contributed by atoms with Crippen molar-refractivity contribution < 1.29 is 4.79 Å². The van der Waals surface area contributed by atoms with Crippen LogP contribution in [-0.4, -0.2) is 57.3 Å². The number of hydrogen-bond acceptors (Lipinski definition) is 4. The monoisotopic (exact) mass is 319 g/mol. The minimum atomic E-state index is -0.0536. The number of halogens is 1. The van der Waals surface area contributed by atoms with Gasteiger partial charge in [0.15, 0.2) is 5.69 Å². The zero-order chi connectivity index (χ0) is 15.4. The van der Waals surface area contributed by atoms with Gasteiger partial charge in [0.1, 0.15) is 0 Å². The van der Waals surface area contributed by atoms with Crippen molar-refractivity contribution in [2.24, 2.45) is 0 Å². The molecular weight excluding hydrogens is 302 g/mol. The third-order valence-electron chi connectivity index (χ3n) is 3.83. The third kappa shape index (κ3) is 3.64. The Labute approximate surface area is 134 Å². The molecule has 0 spiro atoms. The molecule has 1 saturated heterocycles. The van der Waals surface area contributed by atoms with E-state index in [0.29, 0.717) is 12.2 Å². The largest absolute Gasteiger partial charge is 0.336 e. The molecule has 1 fully saturated rings. The summed E-state index contributed by atoms with van der Waals surface area (Å²) in [5.41, 5.74) is 1.62. The van der Waals surface area contributed by atoms with Crippen LogP contribution < -0.4 is 0 Å². The topological polar surface area (TPSA) is 65.1 Å². The van der Waals surface area contributed by atoms with E-state index in [4.69, 9.17) is 11.6 Å². The molecule has 116 valence electrons. The van der Waals surface area contributed by atoms with Crippen molar-refractivity contribution in [2.75, 3.05) is 26.2 Å². The summed E-state index contributed by atoms with van der Waals surface area (Å²) in [7, 11) is 0. The number of nitrogens with zero attached hydrogens (tertiary/aromatic N) is 4. The minimum absolute atomic E-state index is 0.0536. The molecule has 1 aliphatic rings. The van der Waals surface area contributed by atoms with Gasteiger partial charge in [-0.1, -0.05) is 23.7 Å². The molecule has 1 aliphatic heterocycles. The Bertz CT molecular complexity index is 613. The highest BCUT2D eigenvalue weighted by molar-refractivity contribution is 6.30. The smallest absolute Gasteiger partial charge is 0.276 e. The number of carbonyl (C=O) groups is 1. The van der Waals surface area contributed by atoms with Gasteiger partial charge in [-0.3, -0.25) is 9.69 Å². The van der Waals surface area contributed by atoms with E-state index in [9.17, 15) is 4.79 Å². The standard InChI is InChI=1S/C15H18ClN5O/c16-13-4-2-12(3-5-13)11-20-6-1-7-21(9-8-20)15(22)14-10-17-19-18-14/h2-5,10H,1,6-9,11H2,(H,17,18,19). The molecule has 1 N–H and O–H groups in total. The summed E-state index contributed by atoms with van der Waals surface area (Å²) >= 11 is 5.91. The summed E-state index contributed by atoms with van der Waals surface area (Å²) in [6.45, 7) is 4.17. The normalized spacial score (nSPS) is 16.5. The third-order valence-corrected chi connectivity index (χ3v) is 4.08. The molecule has 0 atom stereocenters. The molecule has 0 saturated carbocycles. The maximum absolute atomic E-state index is 12.3. The first-order valence-electron chi connectivity index (χ1n) is 7.34. The lowest BCUT2D eigenvalue weighted by atomic mass is 10.2. The van der Waals surface area contributed by atoms with Crippen LogP contribution in [0.1, 0.15) is 22.5 Å². The number of carbonyl (C=O) groups excluding carboxylic acids is 1. The second kappa shape index (κ2) is 6.89. The maximum atomic E-state index is 12.3. The predicted molar refractivity (Wildman–Crippen MR) is 83.6 cm³/mol. The van der Waals surface area contributed by atoms with Crippen LogP contribution in [0.2, 0.25) is 5.02 Å². The number of nitrogens with one attached hydrogen (secondary N) is 1. The fourth-order valence-electron chi connectivity index (χ4n) is 2.65. The Morgan fingerprint density at radius 1 is 1.18 bits per heavy atom. The number of aromatic amines is 1. The van der Waals surface area contributed by atoms with E-state index in [-0.39, 0.29) is 5.91 Å². The summed E-state index contributed by atoms with van der Waals surface area (Å²) in [6, 6.07) is 7.92. The van der Waals surface area contributed by atoms with Gasteiger partial charge in [0.05, 0.1) is 6.20 Å². The van der Waals surface area contributed by atoms with Crippen molar-refractivity contribution in [1.82, 2.24) is 25.2 Å². The maximum Gasteiger partial charge on any atom is 0.276 e. The Hall–Kier alpha value is -1.92. The van der Waals surface area contributed by atoms with Crippen LogP contribution in [0, 0.1) is 0 Å². The molecule has 1 amide bonds. The van der Waals surface area contributed by atoms with E-state index >= 15 is 0 Å². The SMILES string of the molecule is O=C(c1cn[nH]n1)N1CCCN(Cc2ccc(Cl)cc2)CC1. The lowest BCUT2D eigenvalue weighted by molar-refractivity contribution is 0.0755. The van der Waals surface area contributed by atoms with Gasteiger partial charge >= 0.3 is 0 Å². The number of hydrogen-bond donors (Lipinski definition) is 1. The van der Waals surface area contributed by atoms with Crippen LogP contribution >= 0.6 is 11.6 Å². The van der Waals surface area contributed by atoms with Crippen LogP contribution in [0.25, 0.3) is 0 Å². The minimum Gasteiger partial charge on any atom is -0.336 e. The molecule has 2 aromatic rings. The van der Waals surface area contributed by atoms with E-state index in [1.807, 2.05) is 29.2 Å². The molecule has 2 heterocycles. The average Bonchev–Trinajstić information content (AvgIpc) is 2.96. The van der Waals surface area contributed by atoms with Crippen molar-refractivity contribution in [3.63, 3.8) is 0 Å². The molecule has 1 aromatic heterocycles. The van der Waals surface area contributed by atoms with E-state index in [1.54, 1.807) is 0 Å². The molecule has 0 unspecified atom stereocenters. The number of H-pyrrole nitrogens is 1. The van der Waals surface area contributed by atoms with Crippen molar-refractivity contribution in [1.29, 1.82) is 0 Å². The molecule has 0 bridgehead atoms. The zero-order valence-corrected chi connectivity index (χ0v) is 13.0. The van der Waals surface area contributed by atoms with Gasteiger partial charge in [0.25, 0.3) is 5.91 Å². The number of amides is 1. The second-order valence-corrected chi connectivity index (χ2v) is 5.84. The zero-order valence-electron chi connectivity index (χ0n) is 12.2. The van der Waals surface area contributed by atoms with Crippen molar-refractivity contribution >= 4 is 17.5 Å². The molecule has 6 nitrogen and oxygen atoms in total. The van der Waals surface area contributed by atoms with Gasteiger partial charge < -0.3 is 4.90 Å². The molecule has 3 rings (SSSR count). The Kier molecular flexibility index (Phi) is 4.70. The number of rotatable bonds is 3. The van der Waals surface area contributed by atoms with Gasteiger partial charge in [-0.2, -0.15) is 15.4 Å². The fraction of sp³-hybridized carbons (Fsp3) is 0.400. The van der Waals surface area contributed by atoms with Crippen molar-refractivity contribution in [3.8, 4) is 0 Å². The summed E-state index contributed by atoms with van der Waals surface area (Å²) < 4.78 is 0. The van der Waals surface area contributed by atoms with Gasteiger partial charge in [0.2, 0.25) is 0 Å². The quantitative estimate of drug-likeness (QED) is 0.937. The van der Waals surface area contributed by atoms with E-state index in [1.165, 1.54) is 11.8 Å². The fourth-order valence-corrected chi connectivity index (χ4v) is 2.77. The predicted octanol–water partition coefficient (Wildman–Crippen LogP) is 1.81. The van der Waals surface area contributed by atoms with Gasteiger partial charge in [-0.05, 0) is 24.1 Å². The van der Waals surface area contributed by atoms with E-state index in [0.717, 1.165) is 37.6 Å². The molecule has 0 aliphatic carbocycles. The van der Waals surface area contributed by atoms with Crippen molar-refractivity contribution in [3.05, 3.63) is 46.7 Å². The summed E-state index contributed by atoms with van der Waals surface area (Å²) in [6.07, 6.45) is 2.43. The highest BCUT2D eigenvalue weighted by Crippen LogP contribution is 2.13. The highest BCUT2D eigenvalue weighted by Gasteiger charge is 2.21. The van der Waals surface area contributed by atoms with Crippen LogP contribution in [0.3, 0.4) is 0 Å².